The van der Waals surface area contributed by atoms with Gasteiger partial charge in [0.05, 0.1) is 17.1 Å². The number of rotatable bonds is 4. The summed E-state index contributed by atoms with van der Waals surface area (Å²) in [5.41, 5.74) is 1.33. The van der Waals surface area contributed by atoms with Crippen LogP contribution >= 0.6 is 0 Å². The molecule has 6 heteroatoms. The zero-order valence-electron chi connectivity index (χ0n) is 11.3. The molecule has 21 heavy (non-hydrogen) atoms. The van der Waals surface area contributed by atoms with E-state index in [1.807, 2.05) is 0 Å². The van der Waals surface area contributed by atoms with Crippen LogP contribution in [0.3, 0.4) is 0 Å². The summed E-state index contributed by atoms with van der Waals surface area (Å²) < 4.78 is 4.88. The van der Waals surface area contributed by atoms with Crippen molar-refractivity contribution in [2.24, 2.45) is 0 Å². The van der Waals surface area contributed by atoms with Crippen molar-refractivity contribution in [3.8, 4) is 16.9 Å². The average molecular weight is 287 g/mol. The average Bonchev–Trinajstić information content (AvgIpc) is 2.48. The van der Waals surface area contributed by atoms with Crippen molar-refractivity contribution in [1.29, 1.82) is 0 Å². The number of nitro benzene ring substituents is 1. The van der Waals surface area contributed by atoms with E-state index in [1.54, 1.807) is 37.3 Å². The lowest BCUT2D eigenvalue weighted by Crippen LogP contribution is -2.03. The Kier molecular flexibility index (Phi) is 4.18. The lowest BCUT2D eigenvalue weighted by atomic mass is 10.0. The molecule has 0 saturated carbocycles. The Balaban J connectivity index is 2.33. The summed E-state index contributed by atoms with van der Waals surface area (Å²) in [4.78, 5) is 21.7. The fourth-order valence-electron chi connectivity index (χ4n) is 1.86. The van der Waals surface area contributed by atoms with Gasteiger partial charge >= 0.3 is 11.7 Å². The second-order valence-electron chi connectivity index (χ2n) is 4.26. The maximum Gasteiger partial charge on any atom is 0.338 e. The van der Waals surface area contributed by atoms with Crippen molar-refractivity contribution in [3.63, 3.8) is 0 Å². The highest BCUT2D eigenvalue weighted by Gasteiger charge is 2.14. The van der Waals surface area contributed by atoms with Gasteiger partial charge in [-0.2, -0.15) is 0 Å². The molecule has 0 unspecified atom stereocenters. The van der Waals surface area contributed by atoms with Gasteiger partial charge < -0.3 is 9.84 Å². The largest absolute Gasteiger partial charge is 0.502 e. The fraction of sp³-hybridized carbons (Fsp3) is 0.133. The van der Waals surface area contributed by atoms with Gasteiger partial charge in [-0.3, -0.25) is 10.1 Å². The second-order valence-corrected chi connectivity index (χ2v) is 4.26. The van der Waals surface area contributed by atoms with Crippen LogP contribution in [-0.4, -0.2) is 22.6 Å². The van der Waals surface area contributed by atoms with E-state index in [0.717, 1.165) is 0 Å². The summed E-state index contributed by atoms with van der Waals surface area (Å²) in [5, 5.41) is 20.2. The quantitative estimate of drug-likeness (QED) is 0.530. The van der Waals surface area contributed by atoms with Gasteiger partial charge in [-0.1, -0.05) is 18.2 Å². The fourth-order valence-corrected chi connectivity index (χ4v) is 1.86. The maximum atomic E-state index is 11.5. The molecule has 0 atom stereocenters. The zero-order chi connectivity index (χ0) is 15.4. The molecule has 2 aromatic carbocycles. The van der Waals surface area contributed by atoms with Gasteiger partial charge in [0.25, 0.3) is 0 Å². The molecule has 0 bridgehead atoms. The molecule has 0 saturated heterocycles. The smallest absolute Gasteiger partial charge is 0.338 e. The predicted octanol–water partition coefficient (Wildman–Crippen LogP) is 3.14. The third-order valence-electron chi connectivity index (χ3n) is 2.90. The number of hydrogen-bond acceptors (Lipinski definition) is 5. The SMILES string of the molecule is CCOC(=O)c1ccc(-c2ccc(O)c([N+](=O)[O-])c2)cc1. The molecule has 0 radical (unpaired) electrons. The maximum absolute atomic E-state index is 11.5. The van der Waals surface area contributed by atoms with Crippen molar-refractivity contribution in [3.05, 3.63) is 58.1 Å². The molecule has 0 aliphatic heterocycles. The highest BCUT2D eigenvalue weighted by Crippen LogP contribution is 2.31. The van der Waals surface area contributed by atoms with E-state index in [-0.39, 0.29) is 11.4 Å². The molecular formula is C15H13NO5. The minimum Gasteiger partial charge on any atom is -0.502 e. The first kappa shape index (κ1) is 14.5. The number of esters is 1. The highest BCUT2D eigenvalue weighted by molar-refractivity contribution is 5.90. The number of aromatic hydroxyl groups is 1. The van der Waals surface area contributed by atoms with Gasteiger partial charge in [-0.25, -0.2) is 4.79 Å². The monoisotopic (exact) mass is 287 g/mol. The third kappa shape index (κ3) is 3.17. The Morgan fingerprint density at radius 1 is 1.19 bits per heavy atom. The summed E-state index contributed by atoms with van der Waals surface area (Å²) in [7, 11) is 0. The lowest BCUT2D eigenvalue weighted by Gasteiger charge is -2.05. The molecule has 0 aromatic heterocycles. The number of phenolic OH excluding ortho intramolecular Hbond substituents is 1. The molecule has 0 aliphatic rings. The summed E-state index contributed by atoms with van der Waals surface area (Å²) in [6.45, 7) is 2.02. The van der Waals surface area contributed by atoms with E-state index in [1.165, 1.54) is 12.1 Å². The molecule has 1 N–H and O–H groups in total. The Labute approximate surface area is 120 Å². The topological polar surface area (TPSA) is 89.7 Å². The molecule has 2 rings (SSSR count). The highest BCUT2D eigenvalue weighted by atomic mass is 16.6. The van der Waals surface area contributed by atoms with Gasteiger partial charge in [0, 0.05) is 6.07 Å². The van der Waals surface area contributed by atoms with Gasteiger partial charge in [0.15, 0.2) is 5.75 Å². The van der Waals surface area contributed by atoms with Crippen molar-refractivity contribution in [2.45, 2.75) is 6.92 Å². The number of phenols is 1. The molecule has 2 aromatic rings. The van der Waals surface area contributed by atoms with Crippen LogP contribution in [0.1, 0.15) is 17.3 Å². The van der Waals surface area contributed by atoms with Gasteiger partial charge in [0.1, 0.15) is 0 Å². The minimum absolute atomic E-state index is 0.296. The zero-order valence-corrected chi connectivity index (χ0v) is 11.3. The summed E-state index contributed by atoms with van der Waals surface area (Å²) in [5.74, 6) is -0.798. The van der Waals surface area contributed by atoms with E-state index >= 15 is 0 Å². The number of carbonyl (C=O) groups excluding carboxylic acids is 1. The Morgan fingerprint density at radius 2 is 1.81 bits per heavy atom. The number of carbonyl (C=O) groups is 1. The first-order valence-electron chi connectivity index (χ1n) is 6.28. The Morgan fingerprint density at radius 3 is 2.38 bits per heavy atom. The van der Waals surface area contributed by atoms with Crippen LogP contribution in [0.4, 0.5) is 5.69 Å². The molecule has 108 valence electrons. The number of hydrogen-bond donors (Lipinski definition) is 1. The third-order valence-corrected chi connectivity index (χ3v) is 2.90. The number of ether oxygens (including phenoxy) is 1. The summed E-state index contributed by atoms with van der Waals surface area (Å²) in [6, 6.07) is 10.6. The van der Waals surface area contributed by atoms with Crippen molar-refractivity contribution < 1.29 is 19.6 Å². The van der Waals surface area contributed by atoms with E-state index in [4.69, 9.17) is 4.74 Å². The first-order valence-corrected chi connectivity index (χ1v) is 6.28. The minimum atomic E-state index is -0.647. The lowest BCUT2D eigenvalue weighted by molar-refractivity contribution is -0.385. The van der Waals surface area contributed by atoms with Crippen molar-refractivity contribution in [2.75, 3.05) is 6.61 Å². The Hall–Kier alpha value is -2.89. The normalized spacial score (nSPS) is 10.1. The molecule has 0 aliphatic carbocycles. The van der Waals surface area contributed by atoms with Gasteiger partial charge in [0.2, 0.25) is 0 Å². The van der Waals surface area contributed by atoms with Crippen LogP contribution < -0.4 is 0 Å². The Bertz CT molecular complexity index is 679. The van der Waals surface area contributed by atoms with Crippen LogP contribution in [0.25, 0.3) is 11.1 Å². The second kappa shape index (κ2) is 6.04. The molecule has 0 spiro atoms. The van der Waals surface area contributed by atoms with E-state index in [2.05, 4.69) is 0 Å². The van der Waals surface area contributed by atoms with Crippen molar-refractivity contribution in [1.82, 2.24) is 0 Å². The molecule has 0 fully saturated rings. The van der Waals surface area contributed by atoms with E-state index in [9.17, 15) is 20.0 Å². The van der Waals surface area contributed by atoms with Gasteiger partial charge in [-0.05, 0) is 36.2 Å². The number of benzene rings is 2. The van der Waals surface area contributed by atoms with Crippen LogP contribution in [0.5, 0.6) is 5.75 Å². The van der Waals surface area contributed by atoms with Crippen LogP contribution in [0.15, 0.2) is 42.5 Å². The predicted molar refractivity (Wildman–Crippen MR) is 76.2 cm³/mol. The molecule has 0 heterocycles. The van der Waals surface area contributed by atoms with E-state index < -0.39 is 10.9 Å². The number of nitrogens with zero attached hydrogens (tertiary/aromatic N) is 1. The van der Waals surface area contributed by atoms with Gasteiger partial charge in [-0.15, -0.1) is 0 Å². The molecular weight excluding hydrogens is 274 g/mol. The summed E-state index contributed by atoms with van der Waals surface area (Å²) in [6.07, 6.45) is 0. The van der Waals surface area contributed by atoms with Crippen molar-refractivity contribution >= 4 is 11.7 Å². The van der Waals surface area contributed by atoms with E-state index in [0.29, 0.717) is 23.3 Å². The van der Waals surface area contributed by atoms with Crippen LogP contribution in [0, 0.1) is 10.1 Å². The van der Waals surface area contributed by atoms with Crippen LogP contribution in [-0.2, 0) is 4.74 Å². The number of nitro groups is 1. The summed E-state index contributed by atoms with van der Waals surface area (Å²) >= 11 is 0. The molecule has 6 nitrogen and oxygen atoms in total. The molecule has 0 amide bonds. The van der Waals surface area contributed by atoms with Crippen LogP contribution in [0.2, 0.25) is 0 Å². The standard InChI is InChI=1S/C15H13NO5/c1-2-21-15(18)11-5-3-10(4-6-11)12-7-8-14(17)13(9-12)16(19)20/h3-9,17H,2H2,1H3. The first-order chi connectivity index (χ1) is 10.0.